The monoisotopic (exact) mass is 436 g/mol. The van der Waals surface area contributed by atoms with Crippen molar-refractivity contribution < 1.29 is 9.47 Å². The zero-order valence-corrected chi connectivity index (χ0v) is 18.5. The number of fused-ring (bicyclic) bond motifs is 1. The molecule has 0 spiro atoms. The number of hydrogen-bond donors (Lipinski definition) is 1. The van der Waals surface area contributed by atoms with Crippen molar-refractivity contribution in [3.63, 3.8) is 0 Å². The Balaban J connectivity index is 1.42. The van der Waals surface area contributed by atoms with Crippen molar-refractivity contribution >= 4 is 22.7 Å². The number of aryl methyl sites for hydroxylation is 1. The van der Waals surface area contributed by atoms with Crippen LogP contribution in [0, 0.1) is 0 Å². The summed E-state index contributed by atoms with van der Waals surface area (Å²) in [5.41, 5.74) is 2.90. The van der Waals surface area contributed by atoms with Gasteiger partial charge in [0.2, 0.25) is 0 Å². The molecule has 0 aliphatic heterocycles. The number of aromatic amines is 1. The lowest BCUT2D eigenvalue weighted by Crippen LogP contribution is -2.06. The van der Waals surface area contributed by atoms with Crippen LogP contribution in [0.25, 0.3) is 10.9 Å². The van der Waals surface area contributed by atoms with Gasteiger partial charge in [0, 0.05) is 35.5 Å². The van der Waals surface area contributed by atoms with E-state index < -0.39 is 0 Å². The Kier molecular flexibility index (Phi) is 6.27. The fourth-order valence-electron chi connectivity index (χ4n) is 3.21. The Bertz CT molecular complexity index is 1250. The molecule has 160 valence electrons. The maximum atomic E-state index is 12.5. The Morgan fingerprint density at radius 2 is 1.84 bits per heavy atom. The molecule has 8 heteroatoms. The van der Waals surface area contributed by atoms with Gasteiger partial charge in [0.25, 0.3) is 0 Å². The van der Waals surface area contributed by atoms with Gasteiger partial charge in [-0.2, -0.15) is 0 Å². The van der Waals surface area contributed by atoms with Crippen molar-refractivity contribution in [3.05, 3.63) is 75.8 Å². The Morgan fingerprint density at radius 1 is 1.06 bits per heavy atom. The summed E-state index contributed by atoms with van der Waals surface area (Å²) in [5.74, 6) is 2.82. The molecule has 0 aliphatic rings. The average Bonchev–Trinajstić information content (AvgIpc) is 3.15. The molecule has 0 aliphatic carbocycles. The zero-order chi connectivity index (χ0) is 21.8. The molecular weight excluding hydrogens is 412 g/mol. The van der Waals surface area contributed by atoms with Crippen LogP contribution in [0.5, 0.6) is 11.5 Å². The highest BCUT2D eigenvalue weighted by Crippen LogP contribution is 2.22. The number of aromatic nitrogens is 4. The van der Waals surface area contributed by atoms with Crippen molar-refractivity contribution in [3.8, 4) is 11.5 Å². The minimum atomic E-state index is 0.0335. The van der Waals surface area contributed by atoms with Crippen molar-refractivity contribution in [1.82, 2.24) is 19.7 Å². The molecule has 0 amide bonds. The van der Waals surface area contributed by atoms with Crippen LogP contribution < -0.4 is 14.9 Å². The highest BCUT2D eigenvalue weighted by molar-refractivity contribution is 7.98. The largest absolute Gasteiger partial charge is 0.497 e. The van der Waals surface area contributed by atoms with Crippen LogP contribution >= 0.6 is 11.8 Å². The molecule has 2 heterocycles. The van der Waals surface area contributed by atoms with Crippen LogP contribution in [0.2, 0.25) is 0 Å². The van der Waals surface area contributed by atoms with E-state index >= 15 is 0 Å². The van der Waals surface area contributed by atoms with Gasteiger partial charge in [-0.3, -0.25) is 4.79 Å². The summed E-state index contributed by atoms with van der Waals surface area (Å²) in [6.07, 6.45) is 0.906. The minimum absolute atomic E-state index is 0.0335. The second kappa shape index (κ2) is 9.26. The zero-order valence-electron chi connectivity index (χ0n) is 17.7. The van der Waals surface area contributed by atoms with Crippen LogP contribution in [-0.4, -0.2) is 26.9 Å². The SMILES string of the molecule is CCc1ccc2[nH]c(CSc3nnc(COc4ccc(OC)cc4)n3C)cc(=O)c2c1. The van der Waals surface area contributed by atoms with Gasteiger partial charge in [0.1, 0.15) is 18.1 Å². The van der Waals surface area contributed by atoms with Crippen LogP contribution in [-0.2, 0) is 25.8 Å². The average molecular weight is 437 g/mol. The molecule has 4 aromatic rings. The first-order chi connectivity index (χ1) is 15.1. The number of thioether (sulfide) groups is 1. The molecule has 2 aromatic carbocycles. The van der Waals surface area contributed by atoms with Gasteiger partial charge in [-0.1, -0.05) is 24.8 Å². The summed E-state index contributed by atoms with van der Waals surface area (Å²) < 4.78 is 12.9. The lowest BCUT2D eigenvalue weighted by Gasteiger charge is -2.08. The Morgan fingerprint density at radius 3 is 2.58 bits per heavy atom. The number of methoxy groups -OCH3 is 1. The molecule has 4 rings (SSSR count). The van der Waals surface area contributed by atoms with E-state index in [-0.39, 0.29) is 5.43 Å². The summed E-state index contributed by atoms with van der Waals surface area (Å²) in [5, 5.41) is 9.98. The van der Waals surface area contributed by atoms with E-state index in [1.165, 1.54) is 11.8 Å². The maximum absolute atomic E-state index is 12.5. The summed E-state index contributed by atoms with van der Waals surface area (Å²) in [4.78, 5) is 15.9. The summed E-state index contributed by atoms with van der Waals surface area (Å²) in [7, 11) is 3.54. The number of nitrogens with zero attached hydrogens (tertiary/aromatic N) is 3. The topological polar surface area (TPSA) is 82.0 Å². The maximum Gasteiger partial charge on any atom is 0.191 e. The van der Waals surface area contributed by atoms with Crippen LogP contribution in [0.3, 0.4) is 0 Å². The highest BCUT2D eigenvalue weighted by atomic mass is 32.2. The van der Waals surface area contributed by atoms with Gasteiger partial charge in [0.15, 0.2) is 16.4 Å². The highest BCUT2D eigenvalue weighted by Gasteiger charge is 2.11. The second-order valence-electron chi connectivity index (χ2n) is 7.10. The molecule has 0 saturated heterocycles. The number of H-pyrrole nitrogens is 1. The van der Waals surface area contributed by atoms with E-state index in [4.69, 9.17) is 9.47 Å². The van der Waals surface area contributed by atoms with Crippen LogP contribution in [0.1, 0.15) is 24.0 Å². The molecular formula is C23H24N4O3S. The van der Waals surface area contributed by atoms with Gasteiger partial charge >= 0.3 is 0 Å². The fourth-order valence-corrected chi connectivity index (χ4v) is 4.04. The number of nitrogens with one attached hydrogen (secondary N) is 1. The standard InChI is InChI=1S/C23H24N4O3S/c1-4-15-5-10-20-19(11-15)21(28)12-16(24-20)14-31-23-26-25-22(27(23)2)13-30-18-8-6-17(29-3)7-9-18/h5-12H,4,13-14H2,1-3H3,(H,24,28). The molecule has 0 fully saturated rings. The van der Waals surface area contributed by atoms with E-state index in [9.17, 15) is 4.79 Å². The van der Waals surface area contributed by atoms with Crippen molar-refractivity contribution in [1.29, 1.82) is 0 Å². The third-order valence-electron chi connectivity index (χ3n) is 5.07. The molecule has 0 radical (unpaired) electrons. The number of hydrogen-bond acceptors (Lipinski definition) is 6. The van der Waals surface area contributed by atoms with E-state index in [1.807, 2.05) is 54.1 Å². The fraction of sp³-hybridized carbons (Fsp3) is 0.261. The molecule has 31 heavy (non-hydrogen) atoms. The first-order valence-corrected chi connectivity index (χ1v) is 11.0. The van der Waals surface area contributed by atoms with Gasteiger partial charge in [0.05, 0.1) is 7.11 Å². The predicted molar refractivity (Wildman–Crippen MR) is 122 cm³/mol. The number of rotatable bonds is 8. The van der Waals surface area contributed by atoms with E-state index in [2.05, 4.69) is 22.1 Å². The lowest BCUT2D eigenvalue weighted by atomic mass is 10.1. The first-order valence-electron chi connectivity index (χ1n) is 10.00. The third kappa shape index (κ3) is 4.74. The van der Waals surface area contributed by atoms with Gasteiger partial charge < -0.3 is 19.0 Å². The van der Waals surface area contributed by atoms with E-state index in [0.29, 0.717) is 12.4 Å². The molecule has 0 saturated carbocycles. The minimum Gasteiger partial charge on any atom is -0.497 e. The van der Waals surface area contributed by atoms with E-state index in [1.54, 1.807) is 13.2 Å². The number of pyridine rings is 1. The van der Waals surface area contributed by atoms with Crippen molar-refractivity contribution in [2.75, 3.05) is 7.11 Å². The number of benzene rings is 2. The van der Waals surface area contributed by atoms with Crippen molar-refractivity contribution in [2.45, 2.75) is 30.9 Å². The van der Waals surface area contributed by atoms with Gasteiger partial charge in [-0.25, -0.2) is 0 Å². The summed E-state index contributed by atoms with van der Waals surface area (Å²) >= 11 is 1.52. The van der Waals surface area contributed by atoms with Gasteiger partial charge in [-0.05, 0) is 48.4 Å². The summed E-state index contributed by atoms with van der Waals surface area (Å²) in [6.45, 7) is 2.39. The second-order valence-corrected chi connectivity index (χ2v) is 8.05. The first kappa shape index (κ1) is 21.0. The lowest BCUT2D eigenvalue weighted by molar-refractivity contribution is 0.290. The Hall–Kier alpha value is -3.26. The molecule has 0 bridgehead atoms. The quantitative estimate of drug-likeness (QED) is 0.419. The molecule has 7 nitrogen and oxygen atoms in total. The number of ether oxygens (including phenoxy) is 2. The summed E-state index contributed by atoms with van der Waals surface area (Å²) in [6, 6.07) is 15.0. The van der Waals surface area contributed by atoms with Gasteiger partial charge in [-0.15, -0.1) is 10.2 Å². The normalized spacial score (nSPS) is 11.1. The smallest absolute Gasteiger partial charge is 0.191 e. The Labute approximate surface area is 184 Å². The third-order valence-corrected chi connectivity index (χ3v) is 6.14. The molecule has 2 aromatic heterocycles. The predicted octanol–water partition coefficient (Wildman–Crippen LogP) is 4.10. The van der Waals surface area contributed by atoms with E-state index in [0.717, 1.165) is 51.1 Å². The van der Waals surface area contributed by atoms with Crippen LogP contribution in [0.4, 0.5) is 0 Å². The van der Waals surface area contributed by atoms with Crippen molar-refractivity contribution in [2.24, 2.45) is 7.05 Å². The molecule has 0 atom stereocenters. The van der Waals surface area contributed by atoms with Crippen LogP contribution in [0.15, 0.2) is 58.5 Å². The molecule has 1 N–H and O–H groups in total. The molecule has 0 unspecified atom stereocenters.